The number of carbonyl (C=O) groups is 2. The fourth-order valence-electron chi connectivity index (χ4n) is 5.58. The second kappa shape index (κ2) is 11.5. The van der Waals surface area contributed by atoms with Crippen LogP contribution in [0.25, 0.3) is 11.3 Å². The Labute approximate surface area is 260 Å². The maximum Gasteiger partial charge on any atom is 0.276 e. The Balaban J connectivity index is 1.24. The lowest BCUT2D eigenvalue weighted by molar-refractivity contribution is -0.123. The van der Waals surface area contributed by atoms with Gasteiger partial charge < -0.3 is 10.4 Å². The monoisotopic (exact) mass is 640 g/mol. The largest absolute Gasteiger partial charge is 0.384 e. The first-order chi connectivity index (χ1) is 21.3. The summed E-state index contributed by atoms with van der Waals surface area (Å²) in [6, 6.07) is 1.62. The van der Waals surface area contributed by atoms with E-state index in [1.165, 1.54) is 20.0 Å². The highest BCUT2D eigenvalue weighted by molar-refractivity contribution is 6.31. The number of carbonyl (C=O) groups excluding carboxylic acids is 2. The van der Waals surface area contributed by atoms with Gasteiger partial charge in [0.25, 0.3) is 12.3 Å². The van der Waals surface area contributed by atoms with Gasteiger partial charge in [0, 0.05) is 47.7 Å². The van der Waals surface area contributed by atoms with Crippen LogP contribution in [0.4, 0.5) is 24.8 Å². The van der Waals surface area contributed by atoms with Crippen molar-refractivity contribution < 1.29 is 27.9 Å². The normalized spacial score (nSPS) is 18.6. The van der Waals surface area contributed by atoms with Gasteiger partial charge in [-0.3, -0.25) is 24.2 Å². The number of hydrogen-bond donors (Lipinski definition) is 2. The van der Waals surface area contributed by atoms with E-state index in [2.05, 4.69) is 30.4 Å². The molecule has 2 amide bonds. The number of benzene rings is 1. The average Bonchev–Trinajstić information content (AvgIpc) is 3.53. The van der Waals surface area contributed by atoms with Gasteiger partial charge in [0.05, 0.1) is 34.8 Å². The van der Waals surface area contributed by atoms with Crippen LogP contribution in [0.2, 0.25) is 5.02 Å². The van der Waals surface area contributed by atoms with Gasteiger partial charge in [0.2, 0.25) is 11.9 Å². The van der Waals surface area contributed by atoms with Crippen LogP contribution in [-0.2, 0) is 10.4 Å². The maximum absolute atomic E-state index is 15.0. The van der Waals surface area contributed by atoms with E-state index in [9.17, 15) is 27.9 Å². The van der Waals surface area contributed by atoms with Crippen LogP contribution in [0.5, 0.6) is 0 Å². The summed E-state index contributed by atoms with van der Waals surface area (Å²) in [6.07, 6.45) is 6.06. The molecular weight excluding hydrogens is 613 g/mol. The Hall–Kier alpha value is -4.43. The first-order valence-corrected chi connectivity index (χ1v) is 14.6. The van der Waals surface area contributed by atoms with Gasteiger partial charge in [0.1, 0.15) is 11.3 Å². The van der Waals surface area contributed by atoms with Crippen LogP contribution in [0.3, 0.4) is 0 Å². The van der Waals surface area contributed by atoms with Crippen LogP contribution in [-0.4, -0.2) is 53.2 Å². The number of hydrogen-bond acceptors (Lipinski definition) is 8. The van der Waals surface area contributed by atoms with Crippen molar-refractivity contribution >= 4 is 35.1 Å². The lowest BCUT2D eigenvalue weighted by Gasteiger charge is -2.25. The molecule has 2 aliphatic rings. The summed E-state index contributed by atoms with van der Waals surface area (Å²) in [4.78, 5) is 44.7. The number of aliphatic hydroxyl groups is 1. The van der Waals surface area contributed by atoms with Crippen LogP contribution in [0.1, 0.15) is 73.4 Å². The van der Waals surface area contributed by atoms with Crippen molar-refractivity contribution in [1.82, 2.24) is 29.7 Å². The first-order valence-electron chi connectivity index (χ1n) is 14.2. The van der Waals surface area contributed by atoms with Crippen molar-refractivity contribution in [3.63, 3.8) is 0 Å². The fourth-order valence-corrected chi connectivity index (χ4v) is 5.74. The summed E-state index contributed by atoms with van der Waals surface area (Å²) in [5.74, 6) is -1.11. The van der Waals surface area contributed by atoms with E-state index in [0.29, 0.717) is 24.0 Å². The van der Waals surface area contributed by atoms with E-state index in [1.807, 2.05) is 6.92 Å². The number of aromatic nitrogens is 6. The smallest absolute Gasteiger partial charge is 0.276 e. The molecule has 1 aromatic carbocycles. The summed E-state index contributed by atoms with van der Waals surface area (Å²) in [5.41, 5.74) is -2.92. The number of anilines is 2. The van der Waals surface area contributed by atoms with Gasteiger partial charge in [-0.15, -0.1) is 0 Å². The molecule has 1 aliphatic heterocycles. The van der Waals surface area contributed by atoms with E-state index < -0.39 is 45.6 Å². The molecule has 1 aliphatic carbocycles. The Bertz CT molecular complexity index is 1790. The lowest BCUT2D eigenvalue weighted by atomic mass is 9.76. The zero-order chi connectivity index (χ0) is 32.2. The predicted octanol–water partition coefficient (Wildman–Crippen LogP) is 5.32. The van der Waals surface area contributed by atoms with Crippen molar-refractivity contribution in [3.8, 4) is 11.3 Å². The van der Waals surface area contributed by atoms with E-state index in [0.717, 1.165) is 31.2 Å². The highest BCUT2D eigenvalue weighted by Gasteiger charge is 2.47. The van der Waals surface area contributed by atoms with E-state index in [1.54, 1.807) is 28.2 Å². The third kappa shape index (κ3) is 5.63. The molecule has 0 bridgehead atoms. The van der Waals surface area contributed by atoms with E-state index in [4.69, 9.17) is 11.6 Å². The molecule has 3 aromatic heterocycles. The molecule has 45 heavy (non-hydrogen) atoms. The zero-order valence-electron chi connectivity index (χ0n) is 24.4. The second-order valence-corrected chi connectivity index (χ2v) is 12.1. The second-order valence-electron chi connectivity index (χ2n) is 11.7. The quantitative estimate of drug-likeness (QED) is 0.264. The molecular formula is C30H28ClF3N8O3. The third-order valence-corrected chi connectivity index (χ3v) is 8.53. The number of alkyl halides is 2. The van der Waals surface area contributed by atoms with Crippen LogP contribution >= 0.6 is 11.6 Å². The molecule has 0 spiro atoms. The third-order valence-electron chi connectivity index (χ3n) is 8.24. The molecule has 0 unspecified atom stereocenters. The SMILES string of the molecule is C[C@@H](c1cnc(N2C[C@H]3CC[C@H]3C2=O)nc1)n1cc(NC(=O)c2nc(-c3c(C(F)F)ccc(Cl)c3F)cnc2C(C)(C)O)cn1. The molecule has 4 aromatic rings. The van der Waals surface area contributed by atoms with E-state index in [-0.39, 0.29) is 34.9 Å². The number of nitrogens with zero attached hydrogens (tertiary/aromatic N) is 7. The Morgan fingerprint density at radius 2 is 1.87 bits per heavy atom. The molecule has 2 fully saturated rings. The minimum atomic E-state index is -3.06. The maximum atomic E-state index is 15.0. The number of amides is 2. The summed E-state index contributed by atoms with van der Waals surface area (Å²) in [6.45, 7) is 5.22. The van der Waals surface area contributed by atoms with Crippen molar-refractivity contribution in [2.75, 3.05) is 16.8 Å². The van der Waals surface area contributed by atoms with Crippen molar-refractivity contribution in [2.45, 2.75) is 51.7 Å². The first kappa shape index (κ1) is 30.6. The highest BCUT2D eigenvalue weighted by atomic mass is 35.5. The van der Waals surface area contributed by atoms with Crippen molar-refractivity contribution in [2.24, 2.45) is 11.8 Å². The van der Waals surface area contributed by atoms with Gasteiger partial charge in [-0.25, -0.2) is 28.1 Å². The van der Waals surface area contributed by atoms with Gasteiger partial charge in [-0.1, -0.05) is 17.7 Å². The summed E-state index contributed by atoms with van der Waals surface area (Å²) in [7, 11) is 0. The Morgan fingerprint density at radius 1 is 1.13 bits per heavy atom. The molecule has 0 radical (unpaired) electrons. The van der Waals surface area contributed by atoms with Crippen LogP contribution < -0.4 is 10.2 Å². The molecule has 1 saturated carbocycles. The molecule has 11 nitrogen and oxygen atoms in total. The minimum Gasteiger partial charge on any atom is -0.384 e. The lowest BCUT2D eigenvalue weighted by Crippen LogP contribution is -2.29. The van der Waals surface area contributed by atoms with Crippen molar-refractivity contribution in [3.05, 3.63) is 76.5 Å². The number of nitrogens with one attached hydrogen (secondary N) is 1. The molecule has 6 rings (SSSR count). The summed E-state index contributed by atoms with van der Waals surface area (Å²) in [5, 5.41) is 17.2. The molecule has 2 N–H and O–H groups in total. The van der Waals surface area contributed by atoms with Crippen LogP contribution in [0, 0.1) is 17.7 Å². The summed E-state index contributed by atoms with van der Waals surface area (Å²) >= 11 is 5.86. The number of halogens is 4. The topological polar surface area (TPSA) is 139 Å². The minimum absolute atomic E-state index is 0.0645. The zero-order valence-corrected chi connectivity index (χ0v) is 25.1. The number of rotatable bonds is 8. The average molecular weight is 641 g/mol. The molecule has 4 heterocycles. The van der Waals surface area contributed by atoms with Gasteiger partial charge in [-0.2, -0.15) is 5.10 Å². The number of fused-ring (bicyclic) bond motifs is 1. The van der Waals surface area contributed by atoms with Gasteiger partial charge >= 0.3 is 0 Å². The molecule has 3 atom stereocenters. The molecule has 234 valence electrons. The standard InChI is InChI=1S/C30H28ClF3N8O3/c1-14(16-8-36-29(37-9-16)41-12-15-4-5-18(15)28(41)44)42-13-17(10-38-42)39-27(43)24-25(30(2,3)45)35-11-21(40-24)22-19(26(33)34)6-7-20(31)23(22)32/h6-11,13-15,18,26,45H,4-5,12H2,1-3H3,(H,39,43)/t14-,15+,18+/m0/s1. The van der Waals surface area contributed by atoms with Gasteiger partial charge in [0.15, 0.2) is 11.5 Å². The van der Waals surface area contributed by atoms with Crippen LogP contribution in [0.15, 0.2) is 43.1 Å². The highest BCUT2D eigenvalue weighted by Crippen LogP contribution is 2.42. The molecule has 15 heteroatoms. The Kier molecular flexibility index (Phi) is 7.81. The van der Waals surface area contributed by atoms with E-state index >= 15 is 0 Å². The summed E-state index contributed by atoms with van der Waals surface area (Å²) < 4.78 is 44.0. The Morgan fingerprint density at radius 3 is 2.47 bits per heavy atom. The molecule has 1 saturated heterocycles. The van der Waals surface area contributed by atoms with Crippen molar-refractivity contribution in [1.29, 1.82) is 0 Å². The predicted molar refractivity (Wildman–Crippen MR) is 157 cm³/mol. The fraction of sp³-hybridized carbons (Fsp3) is 0.367. The van der Waals surface area contributed by atoms with Gasteiger partial charge in [-0.05, 0) is 45.6 Å².